The Balaban J connectivity index is 2.84. The maximum Gasteiger partial charge on any atom is 0.161 e. The summed E-state index contributed by atoms with van der Waals surface area (Å²) < 4.78 is 0. The van der Waals surface area contributed by atoms with Crippen LogP contribution in [0.15, 0.2) is 18.2 Å². The Morgan fingerprint density at radius 1 is 1.41 bits per heavy atom. The summed E-state index contributed by atoms with van der Waals surface area (Å²) in [6.07, 6.45) is 3.37. The third kappa shape index (κ3) is 3.77. The van der Waals surface area contributed by atoms with E-state index < -0.39 is 0 Å². The molecule has 17 heavy (non-hydrogen) atoms. The maximum absolute atomic E-state index is 11.4. The second-order valence-electron chi connectivity index (χ2n) is 4.40. The molecule has 1 unspecified atom stereocenters. The lowest BCUT2D eigenvalue weighted by atomic mass is 10.1. The number of anilines is 2. The van der Waals surface area contributed by atoms with Crippen molar-refractivity contribution in [3.05, 3.63) is 23.8 Å². The SMILES string of the molecule is CCCC(CC)Nc1ccc(N)c(C(C)=O)c1. The molecule has 0 saturated carbocycles. The third-order valence-corrected chi connectivity index (χ3v) is 2.93. The molecule has 3 nitrogen and oxygen atoms in total. The number of hydrogen-bond donors (Lipinski definition) is 2. The fourth-order valence-electron chi connectivity index (χ4n) is 1.91. The monoisotopic (exact) mass is 234 g/mol. The minimum absolute atomic E-state index is 0.00897. The number of nitrogens with two attached hydrogens (primary N) is 1. The molecule has 0 radical (unpaired) electrons. The summed E-state index contributed by atoms with van der Waals surface area (Å²) in [6, 6.07) is 6.02. The molecule has 0 heterocycles. The van der Waals surface area contributed by atoms with Gasteiger partial charge in [0.1, 0.15) is 0 Å². The van der Waals surface area contributed by atoms with Crippen LogP contribution in [0.3, 0.4) is 0 Å². The average Bonchev–Trinajstić information content (AvgIpc) is 2.30. The Bertz CT molecular complexity index is 388. The average molecular weight is 234 g/mol. The summed E-state index contributed by atoms with van der Waals surface area (Å²) in [4.78, 5) is 11.4. The molecular formula is C14H22N2O. The molecule has 0 aliphatic rings. The number of benzene rings is 1. The molecule has 0 aromatic heterocycles. The van der Waals surface area contributed by atoms with Crippen LogP contribution in [0.1, 0.15) is 50.4 Å². The van der Waals surface area contributed by atoms with Crippen LogP contribution < -0.4 is 11.1 Å². The summed E-state index contributed by atoms with van der Waals surface area (Å²) >= 11 is 0. The number of ketones is 1. The van der Waals surface area contributed by atoms with Gasteiger partial charge < -0.3 is 11.1 Å². The van der Waals surface area contributed by atoms with E-state index >= 15 is 0 Å². The number of carbonyl (C=O) groups excluding carboxylic acids is 1. The van der Waals surface area contributed by atoms with Gasteiger partial charge >= 0.3 is 0 Å². The summed E-state index contributed by atoms with van der Waals surface area (Å²) in [6.45, 7) is 5.88. The van der Waals surface area contributed by atoms with Gasteiger partial charge in [-0.25, -0.2) is 0 Å². The molecule has 0 aliphatic carbocycles. The van der Waals surface area contributed by atoms with Gasteiger partial charge in [0.05, 0.1) is 0 Å². The molecule has 0 aliphatic heterocycles. The van der Waals surface area contributed by atoms with E-state index in [1.165, 1.54) is 0 Å². The number of Topliss-reactive ketones (excluding diaryl/α,β-unsaturated/α-hetero) is 1. The van der Waals surface area contributed by atoms with Crippen molar-refractivity contribution in [2.24, 2.45) is 0 Å². The van der Waals surface area contributed by atoms with Gasteiger partial charge in [-0.2, -0.15) is 0 Å². The Morgan fingerprint density at radius 2 is 2.12 bits per heavy atom. The fraction of sp³-hybridized carbons (Fsp3) is 0.500. The third-order valence-electron chi connectivity index (χ3n) is 2.93. The lowest BCUT2D eigenvalue weighted by molar-refractivity contribution is 0.101. The van der Waals surface area contributed by atoms with Crippen molar-refractivity contribution in [3.63, 3.8) is 0 Å². The first-order valence-electron chi connectivity index (χ1n) is 6.25. The summed E-state index contributed by atoms with van der Waals surface area (Å²) in [5, 5.41) is 3.44. The van der Waals surface area contributed by atoms with Crippen molar-refractivity contribution < 1.29 is 4.79 Å². The normalized spacial score (nSPS) is 12.2. The van der Waals surface area contributed by atoms with Crippen LogP contribution in [-0.2, 0) is 0 Å². The number of rotatable bonds is 6. The lowest BCUT2D eigenvalue weighted by Gasteiger charge is -2.18. The van der Waals surface area contributed by atoms with Crippen molar-refractivity contribution in [1.29, 1.82) is 0 Å². The predicted octanol–water partition coefficient (Wildman–Crippen LogP) is 3.46. The number of hydrogen-bond acceptors (Lipinski definition) is 3. The summed E-state index contributed by atoms with van der Waals surface area (Å²) in [5.41, 5.74) is 7.89. The standard InChI is InChI=1S/C14H22N2O/c1-4-6-11(5-2)16-12-7-8-14(15)13(9-12)10(3)17/h7-9,11,16H,4-6,15H2,1-3H3. The van der Waals surface area contributed by atoms with Crippen LogP contribution in [0.2, 0.25) is 0 Å². The van der Waals surface area contributed by atoms with E-state index in [1.54, 1.807) is 13.0 Å². The fourth-order valence-corrected chi connectivity index (χ4v) is 1.91. The first kappa shape index (κ1) is 13.6. The van der Waals surface area contributed by atoms with Crippen LogP contribution in [0.5, 0.6) is 0 Å². The van der Waals surface area contributed by atoms with Gasteiger partial charge in [0.25, 0.3) is 0 Å². The highest BCUT2D eigenvalue weighted by molar-refractivity contribution is 6.00. The van der Waals surface area contributed by atoms with Crippen LogP contribution in [0.4, 0.5) is 11.4 Å². The molecule has 0 fully saturated rings. The Morgan fingerprint density at radius 3 is 2.65 bits per heavy atom. The van der Waals surface area contributed by atoms with E-state index in [2.05, 4.69) is 19.2 Å². The van der Waals surface area contributed by atoms with E-state index in [0.717, 1.165) is 24.9 Å². The Labute approximate surface area is 103 Å². The predicted molar refractivity (Wildman–Crippen MR) is 73.5 cm³/mol. The van der Waals surface area contributed by atoms with Crippen molar-refractivity contribution in [2.45, 2.75) is 46.1 Å². The van der Waals surface area contributed by atoms with Gasteiger partial charge in [-0.3, -0.25) is 4.79 Å². The van der Waals surface area contributed by atoms with Crippen molar-refractivity contribution in [2.75, 3.05) is 11.1 Å². The molecular weight excluding hydrogens is 212 g/mol. The minimum atomic E-state index is 0.00897. The Kier molecular flexibility index (Phi) is 5.01. The topological polar surface area (TPSA) is 55.1 Å². The van der Waals surface area contributed by atoms with Gasteiger partial charge in [-0.1, -0.05) is 20.3 Å². The lowest BCUT2D eigenvalue weighted by Crippen LogP contribution is -2.18. The highest BCUT2D eigenvalue weighted by atomic mass is 16.1. The number of nitrogen functional groups attached to an aromatic ring is 1. The molecule has 3 heteroatoms. The highest BCUT2D eigenvalue weighted by Crippen LogP contribution is 2.20. The van der Waals surface area contributed by atoms with Crippen LogP contribution in [-0.4, -0.2) is 11.8 Å². The zero-order valence-corrected chi connectivity index (χ0v) is 10.9. The first-order valence-corrected chi connectivity index (χ1v) is 6.25. The summed E-state index contributed by atoms with van der Waals surface area (Å²) in [5.74, 6) is 0.00897. The van der Waals surface area contributed by atoms with Gasteiger partial charge in [0.2, 0.25) is 0 Å². The van der Waals surface area contributed by atoms with Crippen LogP contribution in [0.25, 0.3) is 0 Å². The zero-order chi connectivity index (χ0) is 12.8. The smallest absolute Gasteiger partial charge is 0.161 e. The zero-order valence-electron chi connectivity index (χ0n) is 10.9. The minimum Gasteiger partial charge on any atom is -0.398 e. The molecule has 0 saturated heterocycles. The second-order valence-corrected chi connectivity index (χ2v) is 4.40. The highest BCUT2D eigenvalue weighted by Gasteiger charge is 2.08. The van der Waals surface area contributed by atoms with Gasteiger partial charge in [-0.05, 0) is 38.0 Å². The van der Waals surface area contributed by atoms with E-state index in [1.807, 2.05) is 12.1 Å². The molecule has 0 amide bonds. The number of carbonyl (C=O) groups is 1. The van der Waals surface area contributed by atoms with Crippen LogP contribution >= 0.6 is 0 Å². The molecule has 1 aromatic rings. The molecule has 3 N–H and O–H groups in total. The van der Waals surface area contributed by atoms with E-state index in [9.17, 15) is 4.79 Å². The van der Waals surface area contributed by atoms with E-state index in [4.69, 9.17) is 5.73 Å². The molecule has 1 rings (SSSR count). The van der Waals surface area contributed by atoms with E-state index in [0.29, 0.717) is 17.3 Å². The molecule has 1 atom stereocenters. The number of nitrogens with one attached hydrogen (secondary N) is 1. The maximum atomic E-state index is 11.4. The van der Waals surface area contributed by atoms with Gasteiger partial charge in [0, 0.05) is 23.0 Å². The van der Waals surface area contributed by atoms with Gasteiger partial charge in [-0.15, -0.1) is 0 Å². The molecule has 0 spiro atoms. The molecule has 1 aromatic carbocycles. The largest absolute Gasteiger partial charge is 0.398 e. The van der Waals surface area contributed by atoms with E-state index in [-0.39, 0.29) is 5.78 Å². The van der Waals surface area contributed by atoms with Gasteiger partial charge in [0.15, 0.2) is 5.78 Å². The van der Waals surface area contributed by atoms with Crippen molar-refractivity contribution in [3.8, 4) is 0 Å². The first-order chi connectivity index (χ1) is 8.08. The second kappa shape index (κ2) is 6.28. The van der Waals surface area contributed by atoms with Crippen molar-refractivity contribution >= 4 is 17.2 Å². The Hall–Kier alpha value is -1.51. The summed E-state index contributed by atoms with van der Waals surface area (Å²) in [7, 11) is 0. The molecule has 0 bridgehead atoms. The molecule has 94 valence electrons. The quantitative estimate of drug-likeness (QED) is 0.585. The van der Waals surface area contributed by atoms with Crippen LogP contribution in [0, 0.1) is 0 Å². The van der Waals surface area contributed by atoms with Crippen molar-refractivity contribution in [1.82, 2.24) is 0 Å².